The van der Waals surface area contributed by atoms with Gasteiger partial charge in [-0.05, 0) is 71.6 Å². The molecule has 0 saturated heterocycles. The Bertz CT molecular complexity index is 593. The molecule has 0 bridgehead atoms. The largest absolute Gasteiger partial charge is 0.389 e. The average Bonchev–Trinajstić information content (AvgIpc) is 2.36. The topological polar surface area (TPSA) is 20.2 Å². The second-order valence-corrected chi connectivity index (χ2v) is 6.67. The van der Waals surface area contributed by atoms with Gasteiger partial charge in [0, 0.05) is 14.3 Å². The van der Waals surface area contributed by atoms with Gasteiger partial charge in [0.15, 0.2) is 0 Å². The number of hydrogen-bond donors (Lipinski definition) is 1. The molecule has 0 aromatic heterocycles. The maximum atomic E-state index is 9.58. The molecule has 2 aromatic rings. The lowest BCUT2D eigenvalue weighted by Crippen LogP contribution is -1.91. The highest BCUT2D eigenvalue weighted by Crippen LogP contribution is 2.36. The zero-order chi connectivity index (χ0) is 14.0. The second kappa shape index (κ2) is 6.12. The Morgan fingerprint density at radius 1 is 1.05 bits per heavy atom. The fraction of sp³-hybridized carbons (Fsp3) is 0.250. The summed E-state index contributed by atoms with van der Waals surface area (Å²) in [6, 6.07) is 12.5. The first kappa shape index (κ1) is 14.6. The van der Waals surface area contributed by atoms with E-state index in [0.717, 1.165) is 14.9 Å². The van der Waals surface area contributed by atoms with Crippen LogP contribution in [0.3, 0.4) is 0 Å². The Balaban J connectivity index is 2.31. The lowest BCUT2D eigenvalue weighted by atomic mass is 10.1. The molecule has 0 aliphatic heterocycles. The standard InChI is InChI=1S/C16H17BrOS/c1-10-4-5-11(2)16(8-10)19-15-7-6-13(12(3)18)9-14(15)17/h4-9,12,18H,1-3H3/t12-/m1/s1. The first-order valence-electron chi connectivity index (χ1n) is 6.20. The number of benzene rings is 2. The molecule has 1 atom stereocenters. The molecular weight excluding hydrogens is 320 g/mol. The predicted octanol–water partition coefficient (Wildman–Crippen LogP) is 5.27. The zero-order valence-corrected chi connectivity index (χ0v) is 13.7. The van der Waals surface area contributed by atoms with Gasteiger partial charge in [0.1, 0.15) is 0 Å². The van der Waals surface area contributed by atoms with Crippen LogP contribution in [0.25, 0.3) is 0 Å². The highest BCUT2D eigenvalue weighted by molar-refractivity contribution is 9.10. The molecule has 0 amide bonds. The Morgan fingerprint density at radius 3 is 2.42 bits per heavy atom. The van der Waals surface area contributed by atoms with Crippen molar-refractivity contribution in [1.82, 2.24) is 0 Å². The van der Waals surface area contributed by atoms with Gasteiger partial charge in [0.25, 0.3) is 0 Å². The average molecular weight is 337 g/mol. The van der Waals surface area contributed by atoms with Gasteiger partial charge >= 0.3 is 0 Å². The van der Waals surface area contributed by atoms with Crippen LogP contribution >= 0.6 is 27.7 Å². The maximum Gasteiger partial charge on any atom is 0.0762 e. The van der Waals surface area contributed by atoms with E-state index in [-0.39, 0.29) is 0 Å². The van der Waals surface area contributed by atoms with Crippen LogP contribution in [0.5, 0.6) is 0 Å². The smallest absolute Gasteiger partial charge is 0.0762 e. The molecule has 0 aliphatic carbocycles. The fourth-order valence-corrected chi connectivity index (χ4v) is 3.44. The van der Waals surface area contributed by atoms with E-state index >= 15 is 0 Å². The lowest BCUT2D eigenvalue weighted by Gasteiger charge is -2.11. The molecule has 0 spiro atoms. The fourth-order valence-electron chi connectivity index (χ4n) is 1.80. The number of halogens is 1. The van der Waals surface area contributed by atoms with Crippen molar-refractivity contribution in [3.63, 3.8) is 0 Å². The quantitative estimate of drug-likeness (QED) is 0.823. The van der Waals surface area contributed by atoms with Crippen molar-refractivity contribution in [2.75, 3.05) is 0 Å². The Labute approximate surface area is 127 Å². The minimum Gasteiger partial charge on any atom is -0.389 e. The van der Waals surface area contributed by atoms with Crippen LogP contribution < -0.4 is 0 Å². The molecule has 0 radical (unpaired) electrons. The summed E-state index contributed by atoms with van der Waals surface area (Å²) in [5.41, 5.74) is 3.48. The number of aryl methyl sites for hydroxylation is 2. The van der Waals surface area contributed by atoms with Crippen molar-refractivity contribution < 1.29 is 5.11 Å². The van der Waals surface area contributed by atoms with E-state index in [0.29, 0.717) is 0 Å². The molecule has 19 heavy (non-hydrogen) atoms. The molecule has 0 saturated carbocycles. The normalized spacial score (nSPS) is 12.5. The summed E-state index contributed by atoms with van der Waals surface area (Å²) in [6.07, 6.45) is -0.434. The Kier molecular flexibility index (Phi) is 4.71. The minimum absolute atomic E-state index is 0.434. The van der Waals surface area contributed by atoms with Gasteiger partial charge in [-0.15, -0.1) is 0 Å². The van der Waals surface area contributed by atoms with Crippen LogP contribution in [0.1, 0.15) is 29.7 Å². The van der Waals surface area contributed by atoms with Gasteiger partial charge in [-0.3, -0.25) is 0 Å². The molecule has 1 N–H and O–H groups in total. The highest BCUT2D eigenvalue weighted by Gasteiger charge is 2.08. The monoisotopic (exact) mass is 336 g/mol. The SMILES string of the molecule is Cc1ccc(C)c(Sc2ccc([C@@H](C)O)cc2Br)c1. The van der Waals surface area contributed by atoms with E-state index in [1.165, 1.54) is 16.0 Å². The van der Waals surface area contributed by atoms with Crippen molar-refractivity contribution in [2.45, 2.75) is 36.7 Å². The number of rotatable bonds is 3. The second-order valence-electron chi connectivity index (χ2n) is 4.74. The minimum atomic E-state index is -0.434. The van der Waals surface area contributed by atoms with Crippen LogP contribution in [0.4, 0.5) is 0 Å². The van der Waals surface area contributed by atoms with Gasteiger partial charge in [0.2, 0.25) is 0 Å². The highest BCUT2D eigenvalue weighted by atomic mass is 79.9. The van der Waals surface area contributed by atoms with Crippen molar-refractivity contribution in [2.24, 2.45) is 0 Å². The van der Waals surface area contributed by atoms with Crippen molar-refractivity contribution in [3.05, 3.63) is 57.6 Å². The van der Waals surface area contributed by atoms with Crippen LogP contribution in [-0.2, 0) is 0 Å². The van der Waals surface area contributed by atoms with E-state index in [4.69, 9.17) is 0 Å². The van der Waals surface area contributed by atoms with Gasteiger partial charge in [-0.2, -0.15) is 0 Å². The van der Waals surface area contributed by atoms with Crippen LogP contribution in [0.15, 0.2) is 50.7 Å². The number of hydrogen-bond acceptors (Lipinski definition) is 2. The summed E-state index contributed by atoms with van der Waals surface area (Å²) >= 11 is 5.33. The van der Waals surface area contributed by atoms with Crippen molar-refractivity contribution in [1.29, 1.82) is 0 Å². The zero-order valence-electron chi connectivity index (χ0n) is 11.3. The van der Waals surface area contributed by atoms with E-state index in [1.807, 2.05) is 12.1 Å². The van der Waals surface area contributed by atoms with Gasteiger partial charge < -0.3 is 5.11 Å². The summed E-state index contributed by atoms with van der Waals surface area (Å²) < 4.78 is 1.02. The third-order valence-corrected chi connectivity index (χ3v) is 5.16. The summed E-state index contributed by atoms with van der Waals surface area (Å²) in [7, 11) is 0. The van der Waals surface area contributed by atoms with E-state index in [1.54, 1.807) is 18.7 Å². The molecule has 0 unspecified atom stereocenters. The molecule has 0 aliphatic rings. The predicted molar refractivity (Wildman–Crippen MR) is 84.8 cm³/mol. The van der Waals surface area contributed by atoms with Crippen LogP contribution in [0, 0.1) is 13.8 Å². The van der Waals surface area contributed by atoms with Crippen LogP contribution in [-0.4, -0.2) is 5.11 Å². The summed E-state index contributed by atoms with van der Waals surface area (Å²) in [6.45, 7) is 6.01. The Morgan fingerprint density at radius 2 is 1.79 bits per heavy atom. The number of aliphatic hydroxyl groups is 1. The van der Waals surface area contributed by atoms with E-state index in [2.05, 4.69) is 54.0 Å². The van der Waals surface area contributed by atoms with E-state index < -0.39 is 6.10 Å². The van der Waals surface area contributed by atoms with E-state index in [9.17, 15) is 5.11 Å². The van der Waals surface area contributed by atoms with Crippen LogP contribution in [0.2, 0.25) is 0 Å². The molecule has 3 heteroatoms. The molecular formula is C16H17BrOS. The molecule has 2 rings (SSSR count). The summed E-state index contributed by atoms with van der Waals surface area (Å²) in [5, 5.41) is 9.58. The lowest BCUT2D eigenvalue weighted by molar-refractivity contribution is 0.199. The third-order valence-electron chi connectivity index (χ3n) is 3.00. The van der Waals surface area contributed by atoms with Crippen molar-refractivity contribution >= 4 is 27.7 Å². The molecule has 0 heterocycles. The molecule has 100 valence electrons. The molecule has 1 nitrogen and oxygen atoms in total. The van der Waals surface area contributed by atoms with Crippen molar-refractivity contribution in [3.8, 4) is 0 Å². The summed E-state index contributed by atoms with van der Waals surface area (Å²) in [5.74, 6) is 0. The van der Waals surface area contributed by atoms with Gasteiger partial charge in [-0.25, -0.2) is 0 Å². The summed E-state index contributed by atoms with van der Waals surface area (Å²) in [4.78, 5) is 2.43. The third kappa shape index (κ3) is 3.62. The Hall–Kier alpha value is -0.770. The first-order valence-corrected chi connectivity index (χ1v) is 7.81. The van der Waals surface area contributed by atoms with Gasteiger partial charge in [-0.1, -0.05) is 30.0 Å². The number of aliphatic hydroxyl groups excluding tert-OH is 1. The van der Waals surface area contributed by atoms with Gasteiger partial charge in [0.05, 0.1) is 6.10 Å². The molecule has 2 aromatic carbocycles. The maximum absolute atomic E-state index is 9.58. The molecule has 0 fully saturated rings. The first-order chi connectivity index (χ1) is 8.97.